The summed E-state index contributed by atoms with van der Waals surface area (Å²) in [5, 5.41) is 0. The molecule has 7 heteroatoms. The van der Waals surface area contributed by atoms with Crippen LogP contribution >= 0.6 is 0 Å². The number of ether oxygens (including phenoxy) is 3. The van der Waals surface area contributed by atoms with E-state index in [1.807, 2.05) is 20.8 Å². The lowest BCUT2D eigenvalue weighted by atomic mass is 9.88. The Morgan fingerprint density at radius 1 is 1.29 bits per heavy atom. The standard InChI is InChI=1S/C21H29NO6/c1-12-13(8-9-16(23)26-7)18(19(25)28-20(2,3)4)22-14(12)10-15-21(5,6)11-17(24)27-15/h10,22H,8-9,11H2,1-7H3/b15-10-. The summed E-state index contributed by atoms with van der Waals surface area (Å²) in [6.45, 7) is 11.1. The van der Waals surface area contributed by atoms with Crippen LogP contribution < -0.4 is 0 Å². The SMILES string of the molecule is COC(=O)CCc1c(C(=O)OC(C)(C)C)[nH]c(/C=C2\OC(=O)CC2(C)C)c1C. The van der Waals surface area contributed by atoms with E-state index >= 15 is 0 Å². The first-order chi connectivity index (χ1) is 12.8. The molecule has 1 aromatic heterocycles. The minimum absolute atomic E-state index is 0.140. The molecule has 0 radical (unpaired) electrons. The summed E-state index contributed by atoms with van der Waals surface area (Å²) in [5.41, 5.74) is 1.36. The molecule has 2 heterocycles. The van der Waals surface area contributed by atoms with Crippen LogP contribution in [0.2, 0.25) is 0 Å². The van der Waals surface area contributed by atoms with Gasteiger partial charge in [0.05, 0.1) is 13.5 Å². The molecule has 0 amide bonds. The Labute approximate surface area is 165 Å². The minimum atomic E-state index is -0.655. The summed E-state index contributed by atoms with van der Waals surface area (Å²) in [4.78, 5) is 39.1. The average Bonchev–Trinajstić information content (AvgIpc) is 2.99. The van der Waals surface area contributed by atoms with Crippen molar-refractivity contribution in [2.24, 2.45) is 5.41 Å². The van der Waals surface area contributed by atoms with E-state index in [1.165, 1.54) is 7.11 Å². The molecule has 0 bridgehead atoms. The summed E-state index contributed by atoms with van der Waals surface area (Å²) >= 11 is 0. The fourth-order valence-electron chi connectivity index (χ4n) is 3.04. The zero-order valence-corrected chi connectivity index (χ0v) is 17.6. The number of H-pyrrole nitrogens is 1. The van der Waals surface area contributed by atoms with E-state index in [0.29, 0.717) is 35.6 Å². The number of carbonyl (C=O) groups is 3. The molecule has 0 spiro atoms. The first kappa shape index (κ1) is 21.7. The van der Waals surface area contributed by atoms with Gasteiger partial charge < -0.3 is 19.2 Å². The van der Waals surface area contributed by atoms with Crippen LogP contribution in [-0.2, 0) is 30.2 Å². The maximum Gasteiger partial charge on any atom is 0.355 e. The van der Waals surface area contributed by atoms with Gasteiger partial charge in [-0.1, -0.05) is 13.8 Å². The minimum Gasteiger partial charge on any atom is -0.469 e. The van der Waals surface area contributed by atoms with Crippen LogP contribution in [0.25, 0.3) is 6.08 Å². The van der Waals surface area contributed by atoms with Crippen molar-refractivity contribution >= 4 is 24.0 Å². The Bertz CT molecular complexity index is 823. The number of cyclic esters (lactones) is 1. The van der Waals surface area contributed by atoms with Gasteiger partial charge in [-0.3, -0.25) is 9.59 Å². The third-order valence-electron chi connectivity index (χ3n) is 4.58. The number of rotatable bonds is 5. The fraction of sp³-hybridized carbons (Fsp3) is 0.571. The highest BCUT2D eigenvalue weighted by atomic mass is 16.6. The van der Waals surface area contributed by atoms with Crippen LogP contribution in [0.1, 0.15) is 74.8 Å². The lowest BCUT2D eigenvalue weighted by Crippen LogP contribution is -2.24. The van der Waals surface area contributed by atoms with E-state index in [2.05, 4.69) is 4.98 Å². The summed E-state index contributed by atoms with van der Waals surface area (Å²) in [6.07, 6.45) is 2.51. The van der Waals surface area contributed by atoms with Crippen molar-refractivity contribution < 1.29 is 28.6 Å². The Morgan fingerprint density at radius 2 is 1.93 bits per heavy atom. The highest BCUT2D eigenvalue weighted by Crippen LogP contribution is 2.39. The van der Waals surface area contributed by atoms with Gasteiger partial charge in [-0.2, -0.15) is 0 Å². The number of nitrogens with one attached hydrogen (secondary N) is 1. The first-order valence-electron chi connectivity index (χ1n) is 9.28. The van der Waals surface area contributed by atoms with Gasteiger partial charge in [0.15, 0.2) is 0 Å². The molecule has 0 aromatic carbocycles. The van der Waals surface area contributed by atoms with Crippen molar-refractivity contribution in [3.63, 3.8) is 0 Å². The largest absolute Gasteiger partial charge is 0.469 e. The summed E-state index contributed by atoms with van der Waals surface area (Å²) < 4.78 is 15.6. The van der Waals surface area contributed by atoms with Gasteiger partial charge in [-0.25, -0.2) is 4.79 Å². The topological polar surface area (TPSA) is 94.7 Å². The summed E-state index contributed by atoms with van der Waals surface area (Å²) in [6, 6.07) is 0. The van der Waals surface area contributed by atoms with Crippen molar-refractivity contribution in [2.45, 2.75) is 66.4 Å². The third kappa shape index (κ3) is 5.03. The molecule has 28 heavy (non-hydrogen) atoms. The molecule has 0 aliphatic carbocycles. The Hall–Kier alpha value is -2.57. The van der Waals surface area contributed by atoms with Crippen molar-refractivity contribution in [3.8, 4) is 0 Å². The van der Waals surface area contributed by atoms with Gasteiger partial charge in [0.1, 0.15) is 17.1 Å². The number of methoxy groups -OCH3 is 1. The molecule has 1 aliphatic rings. The molecule has 1 saturated heterocycles. The van der Waals surface area contributed by atoms with Gasteiger partial charge in [-0.15, -0.1) is 0 Å². The maximum atomic E-state index is 12.7. The number of esters is 3. The highest BCUT2D eigenvalue weighted by molar-refractivity contribution is 5.91. The lowest BCUT2D eigenvalue weighted by molar-refractivity contribution is -0.140. The number of hydrogen-bond donors (Lipinski definition) is 1. The second kappa shape index (κ2) is 7.81. The average molecular weight is 391 g/mol. The number of carbonyl (C=O) groups excluding carboxylic acids is 3. The van der Waals surface area contributed by atoms with Crippen molar-refractivity contribution in [3.05, 3.63) is 28.3 Å². The van der Waals surface area contributed by atoms with Gasteiger partial charge in [0.2, 0.25) is 0 Å². The van der Waals surface area contributed by atoms with Gasteiger partial charge in [-0.05, 0) is 45.2 Å². The summed E-state index contributed by atoms with van der Waals surface area (Å²) in [7, 11) is 1.33. The monoisotopic (exact) mass is 391 g/mol. The normalized spacial score (nSPS) is 17.5. The number of allylic oxidation sites excluding steroid dienone is 1. The Balaban J connectivity index is 2.46. The fourth-order valence-corrected chi connectivity index (χ4v) is 3.04. The second-order valence-electron chi connectivity index (χ2n) is 8.64. The predicted octanol–water partition coefficient (Wildman–Crippen LogP) is 3.70. The number of aromatic nitrogens is 1. The number of hydrogen-bond acceptors (Lipinski definition) is 6. The first-order valence-corrected chi connectivity index (χ1v) is 9.28. The molecule has 1 N–H and O–H groups in total. The molecule has 0 atom stereocenters. The van der Waals surface area contributed by atoms with E-state index in [4.69, 9.17) is 14.2 Å². The van der Waals surface area contributed by atoms with E-state index in [1.54, 1.807) is 26.8 Å². The molecule has 0 saturated carbocycles. The lowest BCUT2D eigenvalue weighted by Gasteiger charge is -2.19. The third-order valence-corrected chi connectivity index (χ3v) is 4.58. The maximum absolute atomic E-state index is 12.7. The van der Waals surface area contributed by atoms with E-state index in [-0.39, 0.29) is 18.4 Å². The smallest absolute Gasteiger partial charge is 0.355 e. The zero-order valence-electron chi connectivity index (χ0n) is 17.6. The molecule has 1 aliphatic heterocycles. The molecule has 0 unspecified atom stereocenters. The van der Waals surface area contributed by atoms with Crippen LogP contribution in [0.3, 0.4) is 0 Å². The van der Waals surface area contributed by atoms with Crippen LogP contribution in [-0.4, -0.2) is 35.6 Å². The van der Waals surface area contributed by atoms with E-state index in [0.717, 1.165) is 5.56 Å². The summed E-state index contributed by atoms with van der Waals surface area (Å²) in [5.74, 6) is -0.597. The van der Waals surface area contributed by atoms with Gasteiger partial charge in [0, 0.05) is 23.6 Å². The quantitative estimate of drug-likeness (QED) is 0.607. The molecular weight excluding hydrogens is 362 g/mol. The molecule has 7 nitrogen and oxygen atoms in total. The van der Waals surface area contributed by atoms with Crippen LogP contribution in [0, 0.1) is 12.3 Å². The van der Waals surface area contributed by atoms with Crippen LogP contribution in [0.4, 0.5) is 0 Å². The Kier molecular flexibility index (Phi) is 6.06. The van der Waals surface area contributed by atoms with Gasteiger partial charge >= 0.3 is 17.9 Å². The van der Waals surface area contributed by atoms with E-state index in [9.17, 15) is 14.4 Å². The van der Waals surface area contributed by atoms with Crippen molar-refractivity contribution in [2.75, 3.05) is 7.11 Å². The predicted molar refractivity (Wildman–Crippen MR) is 104 cm³/mol. The van der Waals surface area contributed by atoms with Gasteiger partial charge in [0.25, 0.3) is 0 Å². The molecule has 2 rings (SSSR count). The van der Waals surface area contributed by atoms with Crippen LogP contribution in [0.5, 0.6) is 0 Å². The highest BCUT2D eigenvalue weighted by Gasteiger charge is 2.37. The zero-order chi connectivity index (χ0) is 21.3. The van der Waals surface area contributed by atoms with Crippen LogP contribution in [0.15, 0.2) is 5.76 Å². The molecule has 1 aromatic rings. The number of aromatic amines is 1. The van der Waals surface area contributed by atoms with E-state index < -0.39 is 17.0 Å². The van der Waals surface area contributed by atoms with Crippen molar-refractivity contribution in [1.29, 1.82) is 0 Å². The molecular formula is C21H29NO6. The Morgan fingerprint density at radius 3 is 2.43 bits per heavy atom. The second-order valence-corrected chi connectivity index (χ2v) is 8.64. The van der Waals surface area contributed by atoms with Crippen molar-refractivity contribution in [1.82, 2.24) is 4.98 Å². The molecule has 1 fully saturated rings. The molecule has 154 valence electrons.